The first-order valence-corrected chi connectivity index (χ1v) is 30.7. The third kappa shape index (κ3) is 21.5. The highest BCUT2D eigenvalue weighted by atomic mass is 35.5. The van der Waals surface area contributed by atoms with Gasteiger partial charge in [0.15, 0.2) is 11.5 Å². The quantitative estimate of drug-likeness (QED) is 0.0346. The van der Waals surface area contributed by atoms with Crippen molar-refractivity contribution in [3.05, 3.63) is 154 Å². The molecule has 0 bridgehead atoms. The second-order valence-electron chi connectivity index (χ2n) is 20.7. The fraction of sp³-hybridized carbons (Fsp3) is 0.367. The van der Waals surface area contributed by atoms with Gasteiger partial charge in [-0.15, -0.1) is 0 Å². The van der Waals surface area contributed by atoms with Crippen LogP contribution in [0.3, 0.4) is 0 Å². The highest BCUT2D eigenvalue weighted by Gasteiger charge is 2.37. The molecule has 14 N–H and O–H groups in total. The molecule has 9 atom stereocenters. The number of carbonyl (C=O) groups excluding carboxylic acids is 10. The van der Waals surface area contributed by atoms with Crippen LogP contribution in [0.1, 0.15) is 76.3 Å². The van der Waals surface area contributed by atoms with Crippen LogP contribution < -0.4 is 53.6 Å². The molecule has 0 saturated carbocycles. The van der Waals surface area contributed by atoms with Crippen molar-refractivity contribution in [2.75, 3.05) is 25.1 Å². The predicted octanol–water partition coefficient (Wildman–Crippen LogP) is 1.66. The minimum atomic E-state index is -1.76. The van der Waals surface area contributed by atoms with Crippen LogP contribution in [0.5, 0.6) is 11.5 Å². The number of nitrogens with two attached hydrogens (primary N) is 1. The Labute approximate surface area is 514 Å². The van der Waals surface area contributed by atoms with Gasteiger partial charge in [0.25, 0.3) is 5.91 Å². The van der Waals surface area contributed by atoms with E-state index < -0.39 is 113 Å². The number of furan rings is 1. The lowest BCUT2D eigenvalue weighted by atomic mass is 10.00. The summed E-state index contributed by atoms with van der Waals surface area (Å²) < 4.78 is 5.30. The molecular formula is C60H71ClN10O14S2. The summed E-state index contributed by atoms with van der Waals surface area (Å²) >= 11 is 6.18. The maximum Gasteiger partial charge on any atom is 0.287 e. The van der Waals surface area contributed by atoms with Gasteiger partial charge in [-0.05, 0) is 136 Å². The smallest absolute Gasteiger partial charge is 0.287 e. The van der Waals surface area contributed by atoms with Gasteiger partial charge in [-0.1, -0.05) is 81.7 Å². The summed E-state index contributed by atoms with van der Waals surface area (Å²) in [7, 11) is 3.60. The van der Waals surface area contributed by atoms with Gasteiger partial charge in [-0.25, -0.2) is 0 Å². The number of carbonyl (C=O) groups is 10. The van der Waals surface area contributed by atoms with Crippen molar-refractivity contribution < 1.29 is 67.7 Å². The SMILES string of the molecule is CNCCCC[C@@H]1NC(=O)[C@@H](Cc2ccc(C(N)=O)cc2)NC(=O)[C@H](Cc2ccc(O)cc2)NC(=O)[C@H](NC(=O)[C@H](Cc2ccc(Cl)cc2)NC(=O)c2ccco2)CSSC[C@@H](C(=O)N[C@H](Cc2ccc(O)cc2)C(C)=O)NC(=O)[C@H]([C@@H](C)O)NC1=O. The number of primary amides is 1. The summed E-state index contributed by atoms with van der Waals surface area (Å²) in [6.45, 7) is 2.99. The normalized spacial score (nSPS) is 20.1. The van der Waals surface area contributed by atoms with Crippen molar-refractivity contribution in [2.45, 2.75) is 113 Å². The van der Waals surface area contributed by atoms with E-state index >= 15 is 4.79 Å². The fourth-order valence-electron chi connectivity index (χ4n) is 8.99. The largest absolute Gasteiger partial charge is 0.508 e. The van der Waals surface area contributed by atoms with Gasteiger partial charge in [0.2, 0.25) is 47.3 Å². The van der Waals surface area contributed by atoms with Gasteiger partial charge in [0, 0.05) is 41.4 Å². The first-order valence-electron chi connectivity index (χ1n) is 27.8. The van der Waals surface area contributed by atoms with E-state index in [9.17, 15) is 58.5 Å². The first kappa shape index (κ1) is 67.7. The Bertz CT molecular complexity index is 3180. The lowest BCUT2D eigenvalue weighted by molar-refractivity contribution is -0.136. The molecule has 6 rings (SSSR count). The Balaban J connectivity index is 1.43. The zero-order chi connectivity index (χ0) is 63.2. The number of aromatic hydroxyl groups is 2. The van der Waals surface area contributed by atoms with Crippen molar-refractivity contribution in [2.24, 2.45) is 5.73 Å². The second-order valence-corrected chi connectivity index (χ2v) is 23.7. The van der Waals surface area contributed by atoms with E-state index in [0.717, 1.165) is 21.6 Å². The number of Topliss-reactive ketones (excluding diaryl/α,β-unsaturated/α-hetero) is 1. The van der Waals surface area contributed by atoms with E-state index in [1.54, 1.807) is 43.4 Å². The molecule has 4 aromatic carbocycles. The van der Waals surface area contributed by atoms with Crippen molar-refractivity contribution in [1.29, 1.82) is 0 Å². The number of phenols is 2. The summed E-state index contributed by atoms with van der Waals surface area (Å²) in [5.74, 6) is -9.38. The predicted molar refractivity (Wildman–Crippen MR) is 326 cm³/mol. The monoisotopic (exact) mass is 1250 g/mol. The van der Waals surface area contributed by atoms with E-state index in [1.165, 1.54) is 92.9 Å². The number of aliphatic hydroxyl groups is 1. The van der Waals surface area contributed by atoms with E-state index in [-0.39, 0.29) is 66.4 Å². The van der Waals surface area contributed by atoms with Crippen LogP contribution >= 0.6 is 33.2 Å². The number of phenolic OH excluding ortho intramolecular Hbond substituents is 2. The topological polar surface area (TPSA) is 379 Å². The Hall–Kier alpha value is -8.43. The zero-order valence-electron chi connectivity index (χ0n) is 47.8. The Morgan fingerprint density at radius 1 is 0.655 bits per heavy atom. The third-order valence-corrected chi connectivity index (χ3v) is 16.6. The minimum absolute atomic E-state index is 0.0204. The van der Waals surface area contributed by atoms with Gasteiger partial charge in [0.05, 0.1) is 18.4 Å². The Morgan fingerprint density at radius 3 is 1.74 bits per heavy atom. The van der Waals surface area contributed by atoms with Crippen molar-refractivity contribution in [3.63, 3.8) is 0 Å². The van der Waals surface area contributed by atoms with Crippen LogP contribution in [0.25, 0.3) is 0 Å². The van der Waals surface area contributed by atoms with Crippen LogP contribution in [-0.2, 0) is 64.0 Å². The first-order chi connectivity index (χ1) is 41.6. The van der Waals surface area contributed by atoms with E-state index in [0.29, 0.717) is 46.7 Å². The van der Waals surface area contributed by atoms with Gasteiger partial charge < -0.3 is 73.3 Å². The van der Waals surface area contributed by atoms with Gasteiger partial charge in [0.1, 0.15) is 53.8 Å². The van der Waals surface area contributed by atoms with Gasteiger partial charge in [-0.2, -0.15) is 0 Å². The highest BCUT2D eigenvalue weighted by molar-refractivity contribution is 8.76. The van der Waals surface area contributed by atoms with E-state index in [2.05, 4.69) is 47.9 Å². The molecule has 5 aromatic rings. The fourth-order valence-corrected chi connectivity index (χ4v) is 11.4. The third-order valence-electron chi connectivity index (χ3n) is 13.9. The van der Waals surface area contributed by atoms with Crippen LogP contribution in [0.15, 0.2) is 120 Å². The number of benzene rings is 4. The minimum Gasteiger partial charge on any atom is -0.508 e. The zero-order valence-corrected chi connectivity index (χ0v) is 50.2. The second kappa shape index (κ2) is 33.5. The maximum absolute atomic E-state index is 15.0. The number of unbranched alkanes of at least 4 members (excludes halogenated alkanes) is 1. The summed E-state index contributed by atoms with van der Waals surface area (Å²) in [6, 6.07) is 14.9. The standard InChI is InChI=1S/C60H71ClN10O14S2/c1-33(72)44(27-37-13-21-41(74)22-14-37)65-57(81)49-32-87-86-31-48(69-56(80)47(29-36-11-19-40(61)20-12-36)68-59(83)50-8-6-26-85-50)58(82)67-46(30-38-15-23-42(75)24-16-38)55(79)66-45(28-35-9-17-39(18-10-35)52(62)76)54(78)64-43(7-4-5-25-63-3)53(77)71-51(34(2)73)60(84)70-49/h6,8-24,26,34,43-49,51,63,73-75H,4-5,7,25,27-32H2,1-3H3,(H2,62,76)(H,64,78)(H,65,81)(H,66,79)(H,67,82)(H,68,83)(H,69,80)(H,70,84)(H,71,77)/t34-,43+,44-,45-,46+,47+,48-,49+,51+/m1/s1. The van der Waals surface area contributed by atoms with Crippen molar-refractivity contribution in [3.8, 4) is 11.5 Å². The van der Waals surface area contributed by atoms with Gasteiger partial charge >= 0.3 is 0 Å². The van der Waals surface area contributed by atoms with Crippen LogP contribution in [-0.4, -0.2) is 154 Å². The number of nitrogens with one attached hydrogen (secondary N) is 9. The number of halogens is 1. The number of amides is 9. The molecule has 1 saturated heterocycles. The number of rotatable bonds is 22. The lowest BCUT2D eigenvalue weighted by Crippen LogP contribution is -2.62. The number of ketones is 1. The van der Waals surface area contributed by atoms with E-state index in [1.807, 2.05) is 0 Å². The average molecular weight is 1260 g/mol. The number of hydrogen-bond acceptors (Lipinski definition) is 17. The van der Waals surface area contributed by atoms with Crippen LogP contribution in [0.4, 0.5) is 0 Å². The van der Waals surface area contributed by atoms with E-state index in [4.69, 9.17) is 21.8 Å². The molecule has 9 amide bonds. The van der Waals surface area contributed by atoms with Crippen molar-refractivity contribution in [1.82, 2.24) is 47.9 Å². The van der Waals surface area contributed by atoms with Crippen LogP contribution in [0, 0.1) is 0 Å². The molecule has 1 aliphatic heterocycles. The van der Waals surface area contributed by atoms with Crippen LogP contribution in [0.2, 0.25) is 5.02 Å². The molecule has 0 aliphatic carbocycles. The molecule has 27 heteroatoms. The highest BCUT2D eigenvalue weighted by Crippen LogP contribution is 2.25. The molecule has 1 fully saturated rings. The molecule has 1 aromatic heterocycles. The Kier molecular flexibility index (Phi) is 26.0. The number of hydrogen-bond donors (Lipinski definition) is 13. The lowest BCUT2D eigenvalue weighted by Gasteiger charge is -2.29. The summed E-state index contributed by atoms with van der Waals surface area (Å²) in [6.07, 6.45) is -0.188. The molecule has 0 unspecified atom stereocenters. The molecule has 464 valence electrons. The van der Waals surface area contributed by atoms with Gasteiger partial charge in [-0.3, -0.25) is 47.9 Å². The molecular weight excluding hydrogens is 1180 g/mol. The molecule has 24 nitrogen and oxygen atoms in total. The molecule has 0 radical (unpaired) electrons. The average Bonchev–Trinajstić information content (AvgIpc) is 3.55. The number of aliphatic hydroxyl groups excluding tert-OH is 1. The summed E-state index contributed by atoms with van der Waals surface area (Å²) in [4.78, 5) is 141. The molecule has 1 aliphatic rings. The summed E-state index contributed by atoms with van der Waals surface area (Å²) in [5.41, 5.74) is 7.61. The Morgan fingerprint density at radius 2 is 1.18 bits per heavy atom. The maximum atomic E-state index is 15.0. The van der Waals surface area contributed by atoms with Crippen molar-refractivity contribution >= 4 is 92.1 Å². The molecule has 2 heterocycles. The molecule has 87 heavy (non-hydrogen) atoms. The summed E-state index contributed by atoms with van der Waals surface area (Å²) in [5, 5.41) is 56.0. The molecule has 0 spiro atoms.